The quantitative estimate of drug-likeness (QED) is 0.784. The normalized spacial score (nSPS) is 14.2. The van der Waals surface area contributed by atoms with Gasteiger partial charge in [-0.2, -0.15) is 5.10 Å². The monoisotopic (exact) mass is 327 g/mol. The summed E-state index contributed by atoms with van der Waals surface area (Å²) < 4.78 is 2.06. The number of anilines is 1. The van der Waals surface area contributed by atoms with Gasteiger partial charge < -0.3 is 10.4 Å². The Balaban J connectivity index is 1.93. The van der Waals surface area contributed by atoms with Gasteiger partial charge in [-0.05, 0) is 43.5 Å². The summed E-state index contributed by atoms with van der Waals surface area (Å²) in [4.78, 5) is 11.9. The average molecular weight is 327 g/mol. The lowest BCUT2D eigenvalue weighted by molar-refractivity contribution is -0.118. The van der Waals surface area contributed by atoms with Crippen molar-refractivity contribution in [2.45, 2.75) is 52.5 Å². The van der Waals surface area contributed by atoms with Gasteiger partial charge >= 0.3 is 0 Å². The molecule has 0 bridgehead atoms. The van der Waals surface area contributed by atoms with Gasteiger partial charge in [-0.3, -0.25) is 9.48 Å². The van der Waals surface area contributed by atoms with Crippen molar-refractivity contribution in [2.24, 2.45) is 5.92 Å². The number of phenolic OH excluding ortho intramolecular Hbond substituents is 1. The van der Waals surface area contributed by atoms with Crippen LogP contribution in [0.1, 0.15) is 51.6 Å². The molecule has 1 aliphatic carbocycles. The largest absolute Gasteiger partial charge is 0.507 e. The number of carbonyl (C=O) groups excluding carboxylic acids is 1. The number of aromatic hydroxyl groups is 1. The Morgan fingerprint density at radius 3 is 2.75 bits per heavy atom. The molecule has 2 aromatic rings. The number of aromatic nitrogens is 2. The van der Waals surface area contributed by atoms with E-state index in [1.54, 1.807) is 18.2 Å². The van der Waals surface area contributed by atoms with Crippen molar-refractivity contribution < 1.29 is 9.90 Å². The fraction of sp³-hybridized carbons (Fsp3) is 0.474. The van der Waals surface area contributed by atoms with Gasteiger partial charge in [0.05, 0.1) is 5.69 Å². The molecule has 2 N–H and O–H groups in total. The molecule has 0 radical (unpaired) electrons. The number of nitrogens with zero attached hydrogens (tertiary/aromatic N) is 2. The first kappa shape index (κ1) is 16.6. The fourth-order valence-electron chi connectivity index (χ4n) is 2.77. The van der Waals surface area contributed by atoms with Crippen LogP contribution in [0.4, 0.5) is 5.69 Å². The van der Waals surface area contributed by atoms with Gasteiger partial charge in [0.15, 0.2) is 0 Å². The summed E-state index contributed by atoms with van der Waals surface area (Å²) in [5.41, 5.74) is 3.36. The highest BCUT2D eigenvalue weighted by atomic mass is 16.3. The van der Waals surface area contributed by atoms with Crippen molar-refractivity contribution in [1.82, 2.24) is 9.78 Å². The molecule has 1 saturated carbocycles. The second kappa shape index (κ2) is 6.67. The Morgan fingerprint density at radius 1 is 1.38 bits per heavy atom. The second-order valence-electron chi connectivity index (χ2n) is 6.83. The lowest BCUT2D eigenvalue weighted by Gasteiger charge is -2.10. The van der Waals surface area contributed by atoms with Gasteiger partial charge in [-0.1, -0.05) is 20.8 Å². The average Bonchev–Trinajstić information content (AvgIpc) is 3.30. The van der Waals surface area contributed by atoms with E-state index in [4.69, 9.17) is 5.10 Å². The predicted octanol–water partition coefficient (Wildman–Crippen LogP) is 4.14. The van der Waals surface area contributed by atoms with E-state index in [9.17, 15) is 9.90 Å². The lowest BCUT2D eigenvalue weighted by atomic mass is 10.1. The molecule has 0 unspecified atom stereocenters. The number of carbonyl (C=O) groups is 1. The Hall–Kier alpha value is -2.30. The zero-order chi connectivity index (χ0) is 17.3. The topological polar surface area (TPSA) is 67.2 Å². The molecule has 3 rings (SSSR count). The maximum Gasteiger partial charge on any atom is 0.226 e. The third-order valence-electron chi connectivity index (χ3n) is 4.31. The fourth-order valence-corrected chi connectivity index (χ4v) is 2.77. The van der Waals surface area contributed by atoms with Gasteiger partial charge in [0.25, 0.3) is 0 Å². The van der Waals surface area contributed by atoms with Crippen LogP contribution in [-0.4, -0.2) is 20.8 Å². The Morgan fingerprint density at radius 2 is 2.12 bits per heavy atom. The molecule has 5 heteroatoms. The van der Waals surface area contributed by atoms with Gasteiger partial charge in [0.2, 0.25) is 5.91 Å². The van der Waals surface area contributed by atoms with Gasteiger partial charge in [0.1, 0.15) is 5.75 Å². The first-order valence-corrected chi connectivity index (χ1v) is 8.71. The molecule has 1 aromatic heterocycles. The van der Waals surface area contributed by atoms with Crippen LogP contribution in [-0.2, 0) is 11.3 Å². The molecule has 128 valence electrons. The molecule has 0 spiro atoms. The molecular formula is C19H25N3O2. The molecule has 1 aliphatic rings. The van der Waals surface area contributed by atoms with E-state index >= 15 is 0 Å². The summed E-state index contributed by atoms with van der Waals surface area (Å²) in [7, 11) is 0. The van der Waals surface area contributed by atoms with E-state index in [1.165, 1.54) is 18.5 Å². The Labute approximate surface area is 142 Å². The minimum Gasteiger partial charge on any atom is -0.507 e. The SMILES string of the molecule is CCCn1nc(-c2cc(NC(=O)C(C)C)ccc2O)cc1C1CC1. The molecule has 0 aliphatic heterocycles. The minimum absolute atomic E-state index is 0.0400. The first-order chi connectivity index (χ1) is 11.5. The number of nitrogens with one attached hydrogen (secondary N) is 1. The number of hydrogen-bond acceptors (Lipinski definition) is 3. The van der Waals surface area contributed by atoms with Crippen molar-refractivity contribution >= 4 is 11.6 Å². The van der Waals surface area contributed by atoms with Crippen molar-refractivity contribution in [1.29, 1.82) is 0 Å². The predicted molar refractivity (Wildman–Crippen MR) is 95.1 cm³/mol. The van der Waals surface area contributed by atoms with Crippen LogP contribution in [0.15, 0.2) is 24.3 Å². The molecule has 0 atom stereocenters. The summed E-state index contributed by atoms with van der Waals surface area (Å²) in [6.45, 7) is 6.73. The summed E-state index contributed by atoms with van der Waals surface area (Å²) >= 11 is 0. The zero-order valence-corrected chi connectivity index (χ0v) is 14.5. The standard InChI is InChI=1S/C19H25N3O2/c1-4-9-22-17(13-5-6-13)11-16(21-22)15-10-14(7-8-18(15)23)20-19(24)12(2)3/h7-8,10-13,23H,4-6,9H2,1-3H3,(H,20,24). The molecular weight excluding hydrogens is 302 g/mol. The van der Waals surface area contributed by atoms with E-state index < -0.39 is 0 Å². The molecule has 1 amide bonds. The number of rotatable bonds is 6. The van der Waals surface area contributed by atoms with Crippen LogP contribution in [0.2, 0.25) is 0 Å². The molecule has 24 heavy (non-hydrogen) atoms. The molecule has 1 aromatic carbocycles. The number of amides is 1. The molecule has 1 fully saturated rings. The highest BCUT2D eigenvalue weighted by molar-refractivity contribution is 5.93. The van der Waals surface area contributed by atoms with Crippen LogP contribution in [0.5, 0.6) is 5.75 Å². The molecule has 1 heterocycles. The van der Waals surface area contributed by atoms with Crippen molar-refractivity contribution in [2.75, 3.05) is 5.32 Å². The first-order valence-electron chi connectivity index (χ1n) is 8.71. The summed E-state index contributed by atoms with van der Waals surface area (Å²) in [5, 5.41) is 17.8. The summed E-state index contributed by atoms with van der Waals surface area (Å²) in [6.07, 6.45) is 3.45. The van der Waals surface area contributed by atoms with Crippen molar-refractivity contribution in [3.63, 3.8) is 0 Å². The van der Waals surface area contributed by atoms with Gasteiger partial charge in [-0.25, -0.2) is 0 Å². The Kier molecular flexibility index (Phi) is 4.60. The number of aryl methyl sites for hydroxylation is 1. The highest BCUT2D eigenvalue weighted by Gasteiger charge is 2.28. The van der Waals surface area contributed by atoms with E-state index in [0.717, 1.165) is 18.7 Å². The number of hydrogen-bond donors (Lipinski definition) is 2. The zero-order valence-electron chi connectivity index (χ0n) is 14.5. The second-order valence-corrected chi connectivity index (χ2v) is 6.83. The minimum atomic E-state index is -0.0903. The molecule has 0 saturated heterocycles. The highest BCUT2D eigenvalue weighted by Crippen LogP contribution is 2.42. The van der Waals surface area contributed by atoms with E-state index in [-0.39, 0.29) is 17.6 Å². The lowest BCUT2D eigenvalue weighted by Crippen LogP contribution is -2.17. The number of benzene rings is 1. The number of phenols is 1. The van der Waals surface area contributed by atoms with E-state index in [2.05, 4.69) is 23.0 Å². The third-order valence-corrected chi connectivity index (χ3v) is 4.31. The van der Waals surface area contributed by atoms with Crippen LogP contribution < -0.4 is 5.32 Å². The Bertz CT molecular complexity index is 745. The van der Waals surface area contributed by atoms with Crippen LogP contribution in [0.3, 0.4) is 0 Å². The van der Waals surface area contributed by atoms with Crippen LogP contribution in [0.25, 0.3) is 11.3 Å². The molecule has 5 nitrogen and oxygen atoms in total. The van der Waals surface area contributed by atoms with Gasteiger partial charge in [-0.15, -0.1) is 0 Å². The van der Waals surface area contributed by atoms with Gasteiger partial charge in [0, 0.05) is 35.3 Å². The summed E-state index contributed by atoms with van der Waals surface area (Å²) in [6, 6.07) is 7.20. The van der Waals surface area contributed by atoms with E-state index in [0.29, 0.717) is 17.2 Å². The maximum atomic E-state index is 11.9. The third kappa shape index (κ3) is 3.45. The van der Waals surface area contributed by atoms with Crippen molar-refractivity contribution in [3.05, 3.63) is 30.0 Å². The van der Waals surface area contributed by atoms with Crippen LogP contribution in [0, 0.1) is 5.92 Å². The van der Waals surface area contributed by atoms with Crippen LogP contribution >= 0.6 is 0 Å². The van der Waals surface area contributed by atoms with E-state index in [1.807, 2.05) is 13.8 Å². The maximum absolute atomic E-state index is 11.9. The summed E-state index contributed by atoms with van der Waals surface area (Å²) in [5.74, 6) is 0.652. The van der Waals surface area contributed by atoms with Crippen molar-refractivity contribution in [3.8, 4) is 17.0 Å². The smallest absolute Gasteiger partial charge is 0.226 e.